The molecule has 4 fully saturated rings. The molecule has 1 N–H and O–H groups in total. The molecule has 10 heteroatoms. The van der Waals surface area contributed by atoms with Gasteiger partial charge in [-0.25, -0.2) is 19.3 Å². The zero-order valence-corrected chi connectivity index (χ0v) is 21.5. The minimum atomic E-state index is -0.340. The molecule has 0 spiro atoms. The Balaban J connectivity index is 1.30. The van der Waals surface area contributed by atoms with E-state index in [1.807, 2.05) is 19.3 Å². The van der Waals surface area contributed by atoms with Crippen LogP contribution in [0.1, 0.15) is 32.1 Å². The van der Waals surface area contributed by atoms with Crippen LogP contribution in [-0.2, 0) is 11.8 Å². The van der Waals surface area contributed by atoms with E-state index in [-0.39, 0.29) is 28.8 Å². The van der Waals surface area contributed by atoms with Gasteiger partial charge in [0.15, 0.2) is 11.6 Å². The van der Waals surface area contributed by atoms with Crippen molar-refractivity contribution in [2.24, 2.45) is 12.5 Å². The number of ether oxygens (including phenoxy) is 1. The number of halogens is 1. The largest absolute Gasteiger partial charge is 0.486 e. The number of rotatable bonds is 7. The molecule has 0 radical (unpaired) electrons. The number of pyridine rings is 1. The lowest BCUT2D eigenvalue weighted by Gasteiger charge is -2.71. The van der Waals surface area contributed by atoms with Crippen LogP contribution in [0, 0.1) is 11.2 Å². The number of fused-ring (bicyclic) bond motifs is 1. The van der Waals surface area contributed by atoms with Gasteiger partial charge in [-0.3, -0.25) is 9.48 Å². The number of aromatic nitrogens is 5. The molecule has 0 aliphatic heterocycles. The average molecular weight is 514 g/mol. The lowest BCUT2D eigenvalue weighted by Crippen LogP contribution is -2.76. The van der Waals surface area contributed by atoms with Crippen LogP contribution in [0.5, 0.6) is 5.75 Å². The average Bonchev–Trinajstić information content (AvgIpc) is 3.56. The summed E-state index contributed by atoms with van der Waals surface area (Å²) in [4.78, 5) is 29.6. The molecule has 4 saturated carbocycles. The zero-order chi connectivity index (χ0) is 26.2. The summed E-state index contributed by atoms with van der Waals surface area (Å²) in [7, 11) is 5.98. The maximum Gasteiger partial charge on any atom is 0.232 e. The second-order valence-electron chi connectivity index (χ2n) is 11.2. The lowest BCUT2D eigenvalue weighted by molar-refractivity contribution is -0.204. The zero-order valence-electron chi connectivity index (χ0n) is 21.5. The van der Waals surface area contributed by atoms with Gasteiger partial charge >= 0.3 is 0 Å². The Morgan fingerprint density at radius 2 is 1.87 bits per heavy atom. The van der Waals surface area contributed by atoms with E-state index >= 15 is 0 Å². The van der Waals surface area contributed by atoms with Crippen LogP contribution in [0.2, 0.25) is 0 Å². The van der Waals surface area contributed by atoms with Gasteiger partial charge in [0.2, 0.25) is 5.91 Å². The summed E-state index contributed by atoms with van der Waals surface area (Å²) in [6, 6.07) is 8.03. The molecule has 4 aliphatic rings. The summed E-state index contributed by atoms with van der Waals surface area (Å²) in [5, 5.41) is 7.71. The van der Waals surface area contributed by atoms with Crippen molar-refractivity contribution in [3.05, 3.63) is 48.7 Å². The standard InChI is InChI=1S/C28H28FN7O2/c1-35(2)28-12-27(13-28,14-28)26(37)33-25-21(38-18-8-9-18)10-20-24(32-25)23(31-15-30-20)19-11-36(3)34-22(19)16-4-6-17(29)7-5-16/h4-7,10-11,15,18H,8-9,12-14H2,1-3H3,(H,32,33,37). The fraction of sp³-hybridized carbons (Fsp3) is 0.393. The third kappa shape index (κ3) is 3.58. The highest BCUT2D eigenvalue weighted by atomic mass is 19.1. The Morgan fingerprint density at radius 3 is 2.55 bits per heavy atom. The smallest absolute Gasteiger partial charge is 0.232 e. The quantitative estimate of drug-likeness (QED) is 0.396. The summed E-state index contributed by atoms with van der Waals surface area (Å²) in [5.74, 6) is 0.586. The molecule has 1 amide bonds. The number of amides is 1. The van der Waals surface area contributed by atoms with E-state index < -0.39 is 0 Å². The molecule has 38 heavy (non-hydrogen) atoms. The maximum absolute atomic E-state index is 13.6. The Kier molecular flexibility index (Phi) is 4.91. The van der Waals surface area contributed by atoms with Crippen LogP contribution < -0.4 is 10.1 Å². The van der Waals surface area contributed by atoms with Crippen LogP contribution in [0.15, 0.2) is 42.9 Å². The molecule has 0 unspecified atom stereocenters. The van der Waals surface area contributed by atoms with Crippen molar-refractivity contribution in [1.29, 1.82) is 0 Å². The van der Waals surface area contributed by atoms with Crippen molar-refractivity contribution < 1.29 is 13.9 Å². The predicted octanol–water partition coefficient (Wildman–Crippen LogP) is 4.20. The van der Waals surface area contributed by atoms with Gasteiger partial charge in [-0.15, -0.1) is 0 Å². The molecule has 4 aromatic rings. The number of benzene rings is 1. The molecule has 3 aromatic heterocycles. The number of carbonyl (C=O) groups is 1. The Labute approximate surface area is 219 Å². The Bertz CT molecular complexity index is 1570. The molecule has 8 rings (SSSR count). The lowest BCUT2D eigenvalue weighted by atomic mass is 9.38. The third-order valence-electron chi connectivity index (χ3n) is 8.26. The van der Waals surface area contributed by atoms with Crippen molar-refractivity contribution in [3.63, 3.8) is 0 Å². The second kappa shape index (κ2) is 8.04. The van der Waals surface area contributed by atoms with E-state index in [0.717, 1.165) is 43.2 Å². The van der Waals surface area contributed by atoms with E-state index in [1.165, 1.54) is 18.5 Å². The highest BCUT2D eigenvalue weighted by Crippen LogP contribution is 2.69. The molecule has 4 aliphatic carbocycles. The maximum atomic E-state index is 13.6. The van der Waals surface area contributed by atoms with E-state index in [4.69, 9.17) is 9.72 Å². The van der Waals surface area contributed by atoms with Gasteiger partial charge in [0.1, 0.15) is 29.0 Å². The van der Waals surface area contributed by atoms with E-state index in [1.54, 1.807) is 16.8 Å². The van der Waals surface area contributed by atoms with Crippen LogP contribution in [0.3, 0.4) is 0 Å². The number of nitrogens with one attached hydrogen (secondary N) is 1. The number of anilines is 1. The van der Waals surface area contributed by atoms with Gasteiger partial charge < -0.3 is 15.0 Å². The minimum Gasteiger partial charge on any atom is -0.486 e. The van der Waals surface area contributed by atoms with Crippen molar-refractivity contribution >= 4 is 22.8 Å². The first-order valence-electron chi connectivity index (χ1n) is 12.9. The second-order valence-corrected chi connectivity index (χ2v) is 11.2. The monoisotopic (exact) mass is 513 g/mol. The van der Waals surface area contributed by atoms with Crippen molar-refractivity contribution in [2.75, 3.05) is 19.4 Å². The molecule has 9 nitrogen and oxygen atoms in total. The van der Waals surface area contributed by atoms with Gasteiger partial charge in [0.05, 0.1) is 17.0 Å². The molecule has 0 saturated heterocycles. The summed E-state index contributed by atoms with van der Waals surface area (Å²) >= 11 is 0. The molecule has 2 bridgehead atoms. The van der Waals surface area contributed by atoms with E-state index in [2.05, 4.69) is 39.4 Å². The first kappa shape index (κ1) is 23.2. The summed E-state index contributed by atoms with van der Waals surface area (Å²) in [6.07, 6.45) is 8.00. The van der Waals surface area contributed by atoms with Gasteiger partial charge in [0.25, 0.3) is 0 Å². The first-order valence-corrected chi connectivity index (χ1v) is 12.9. The fourth-order valence-corrected chi connectivity index (χ4v) is 5.88. The summed E-state index contributed by atoms with van der Waals surface area (Å²) < 4.78 is 21.4. The number of hydrogen-bond donors (Lipinski definition) is 1. The molecular formula is C28H28FN7O2. The number of carbonyl (C=O) groups excluding carboxylic acids is 1. The molecule has 3 heterocycles. The van der Waals surface area contributed by atoms with Crippen molar-refractivity contribution in [1.82, 2.24) is 29.6 Å². The SMILES string of the molecule is CN(C)C12CC(C(=O)Nc3nc4c(-c5cn(C)nc5-c5ccc(F)cc5)ncnc4cc3OC3CC3)(C1)C2. The Hall–Kier alpha value is -3.92. The number of nitrogens with zero attached hydrogens (tertiary/aromatic N) is 6. The van der Waals surface area contributed by atoms with Crippen LogP contribution in [0.25, 0.3) is 33.5 Å². The third-order valence-corrected chi connectivity index (χ3v) is 8.26. The highest BCUT2D eigenvalue weighted by Gasteiger charge is 2.72. The van der Waals surface area contributed by atoms with Gasteiger partial charge in [-0.05, 0) is 70.5 Å². The summed E-state index contributed by atoms with van der Waals surface area (Å²) in [6.45, 7) is 0. The molecule has 1 aromatic carbocycles. The molecule has 0 atom stereocenters. The van der Waals surface area contributed by atoms with E-state index in [9.17, 15) is 9.18 Å². The number of hydrogen-bond acceptors (Lipinski definition) is 7. The summed E-state index contributed by atoms with van der Waals surface area (Å²) in [5.41, 5.74) is 3.68. The fourth-order valence-electron chi connectivity index (χ4n) is 5.88. The van der Waals surface area contributed by atoms with Gasteiger partial charge in [0, 0.05) is 36.0 Å². The molecular weight excluding hydrogens is 485 g/mol. The highest BCUT2D eigenvalue weighted by molar-refractivity contribution is 6.01. The first-order chi connectivity index (χ1) is 18.3. The van der Waals surface area contributed by atoms with Gasteiger partial charge in [-0.2, -0.15) is 5.10 Å². The molecule has 194 valence electrons. The van der Waals surface area contributed by atoms with Crippen molar-refractivity contribution in [3.8, 4) is 28.3 Å². The van der Waals surface area contributed by atoms with Crippen molar-refractivity contribution in [2.45, 2.75) is 43.7 Å². The topological polar surface area (TPSA) is 98.1 Å². The van der Waals surface area contributed by atoms with Gasteiger partial charge in [-0.1, -0.05) is 0 Å². The van der Waals surface area contributed by atoms with Crippen LogP contribution in [-0.4, -0.2) is 61.3 Å². The van der Waals surface area contributed by atoms with Crippen LogP contribution >= 0.6 is 0 Å². The van der Waals surface area contributed by atoms with E-state index in [0.29, 0.717) is 34.0 Å². The predicted molar refractivity (Wildman–Crippen MR) is 140 cm³/mol. The number of aryl methyl sites for hydroxylation is 1. The van der Waals surface area contributed by atoms with Crippen LogP contribution in [0.4, 0.5) is 10.2 Å². The minimum absolute atomic E-state index is 0.0134. The normalized spacial score (nSPS) is 23.7. The Morgan fingerprint density at radius 1 is 1.13 bits per heavy atom.